The Morgan fingerprint density at radius 3 is 1.70 bits per heavy atom. The highest BCUT2D eigenvalue weighted by molar-refractivity contribution is 6.48. The summed E-state index contributed by atoms with van der Waals surface area (Å²) in [6.45, 7) is 14.3. The van der Waals surface area contributed by atoms with Gasteiger partial charge in [0, 0.05) is 16.2 Å². The van der Waals surface area contributed by atoms with Gasteiger partial charge in [0.05, 0.1) is 16.5 Å². The summed E-state index contributed by atoms with van der Waals surface area (Å²) < 4.78 is 7.92. The lowest BCUT2D eigenvalue weighted by Gasteiger charge is -2.23. The molecule has 0 N–H and O–H groups in total. The normalized spacial score (nSPS) is 13.1. The van der Waals surface area contributed by atoms with Gasteiger partial charge >= 0.3 is 0 Å². The highest BCUT2D eigenvalue weighted by Gasteiger charge is 2.29. The molecule has 0 bridgehead atoms. The van der Waals surface area contributed by atoms with E-state index in [1.807, 2.05) is 52.8 Å². The van der Waals surface area contributed by atoms with E-state index < -0.39 is 5.60 Å². The van der Waals surface area contributed by atoms with E-state index in [1.54, 1.807) is 0 Å². The van der Waals surface area contributed by atoms with Gasteiger partial charge in [-0.2, -0.15) is 0 Å². The zero-order valence-electron chi connectivity index (χ0n) is 23.8. The molecule has 4 heteroatoms. The molecule has 0 saturated carbocycles. The molecule has 7 aromatic carbocycles. The van der Waals surface area contributed by atoms with E-state index in [4.69, 9.17) is 4.74 Å². The monoisotopic (exact) mass is 523 g/mol. The van der Waals surface area contributed by atoms with Crippen molar-refractivity contribution >= 4 is 64.6 Å². The van der Waals surface area contributed by atoms with Gasteiger partial charge in [0.2, 0.25) is 0 Å². The number of aryl methyl sites for hydroxylation is 3. The lowest BCUT2D eigenvalue weighted by molar-refractivity contribution is 0.133. The third-order valence-electron chi connectivity index (χ3n) is 9.01. The quantitative estimate of drug-likeness (QED) is 0.214. The summed E-state index contributed by atoms with van der Waals surface area (Å²) in [6, 6.07) is 16.7. The van der Waals surface area contributed by atoms with E-state index in [-0.39, 0.29) is 11.1 Å². The Hall–Kier alpha value is -4.44. The summed E-state index contributed by atoms with van der Waals surface area (Å²) >= 11 is 0. The van der Waals surface area contributed by atoms with Crippen LogP contribution in [0.25, 0.3) is 70.3 Å². The molecular weight excluding hydrogens is 494 g/mol. The highest BCUT2D eigenvalue weighted by Crippen LogP contribution is 2.52. The number of benzene rings is 6. The Balaban J connectivity index is 1.69. The predicted octanol–water partition coefficient (Wildman–Crippen LogP) is 8.28. The predicted molar refractivity (Wildman–Crippen MR) is 167 cm³/mol. The minimum atomic E-state index is -0.435. The molecule has 8 rings (SSSR count). The average molecular weight is 524 g/mol. The van der Waals surface area contributed by atoms with Crippen LogP contribution < -0.4 is 15.9 Å². The lowest BCUT2D eigenvalue weighted by Crippen LogP contribution is -2.23. The fourth-order valence-electron chi connectivity index (χ4n) is 7.12. The summed E-state index contributed by atoms with van der Waals surface area (Å²) in [5.74, 6) is 0.737. The standard InChI is InChI=1S/C36H29NO3/c1-16-12-21(13-17(2)19(16)4)37-34(38)32-24-14-18(3)22-10-8-20-9-11-23-26(40-36(5,6)7)15-25(33(32)35(37)39)31-29(23)27(20)28(22)30(24)31/h8-15H,1-7H3. The molecule has 0 aliphatic carbocycles. The molecule has 0 amide bonds. The van der Waals surface area contributed by atoms with Crippen molar-refractivity contribution in [3.63, 3.8) is 0 Å². The second-order valence-corrected chi connectivity index (χ2v) is 12.6. The van der Waals surface area contributed by atoms with Crippen molar-refractivity contribution < 1.29 is 4.74 Å². The minimum absolute atomic E-state index is 0.259. The summed E-state index contributed by atoms with van der Waals surface area (Å²) in [4.78, 5) is 28.8. The molecule has 40 heavy (non-hydrogen) atoms. The summed E-state index contributed by atoms with van der Waals surface area (Å²) in [6.07, 6.45) is 0. The molecule has 0 spiro atoms. The summed E-state index contributed by atoms with van der Waals surface area (Å²) in [7, 11) is 0. The van der Waals surface area contributed by atoms with Crippen molar-refractivity contribution in [3.05, 3.63) is 91.5 Å². The largest absolute Gasteiger partial charge is 0.487 e. The fraction of sp³-hybridized carbons (Fsp3) is 0.222. The number of nitrogens with zero attached hydrogens (tertiary/aromatic N) is 1. The molecule has 0 atom stereocenters. The van der Waals surface area contributed by atoms with E-state index in [0.29, 0.717) is 16.5 Å². The maximum Gasteiger partial charge on any atom is 0.266 e. The van der Waals surface area contributed by atoms with Gasteiger partial charge in [0.1, 0.15) is 11.4 Å². The minimum Gasteiger partial charge on any atom is -0.487 e. The molecule has 0 fully saturated rings. The maximum atomic E-state index is 14.4. The van der Waals surface area contributed by atoms with Gasteiger partial charge in [-0.05, 0) is 139 Å². The first-order valence-electron chi connectivity index (χ1n) is 13.9. The SMILES string of the molecule is Cc1cc(-n2c(=O)c3c4cc(C)c5ccc6ccc7c(OC(C)(C)C)cc(c3c2=O)c2c7c6c5c42)cc(C)c1C. The molecule has 1 heterocycles. The molecule has 0 saturated heterocycles. The number of rotatable bonds is 2. The number of hydrogen-bond acceptors (Lipinski definition) is 3. The molecule has 4 nitrogen and oxygen atoms in total. The topological polar surface area (TPSA) is 48.3 Å². The average Bonchev–Trinajstić information content (AvgIpc) is 3.37. The van der Waals surface area contributed by atoms with Gasteiger partial charge in [0.25, 0.3) is 11.1 Å². The van der Waals surface area contributed by atoms with Gasteiger partial charge in [-0.25, -0.2) is 4.57 Å². The summed E-state index contributed by atoms with van der Waals surface area (Å²) in [5.41, 5.74) is 4.04. The Bertz CT molecular complexity index is 2430. The van der Waals surface area contributed by atoms with Crippen molar-refractivity contribution in [1.29, 1.82) is 0 Å². The van der Waals surface area contributed by atoms with E-state index in [2.05, 4.69) is 44.2 Å². The smallest absolute Gasteiger partial charge is 0.266 e. The third kappa shape index (κ3) is 2.71. The van der Waals surface area contributed by atoms with Crippen LogP contribution in [0.1, 0.15) is 43.0 Å². The van der Waals surface area contributed by atoms with Crippen molar-refractivity contribution in [3.8, 4) is 11.4 Å². The van der Waals surface area contributed by atoms with Crippen LogP contribution in [0.3, 0.4) is 0 Å². The Kier molecular flexibility index (Phi) is 4.22. The Labute approximate surface area is 230 Å². The number of ether oxygens (including phenoxy) is 1. The second kappa shape index (κ2) is 7.19. The van der Waals surface area contributed by atoms with Gasteiger partial charge in [-0.3, -0.25) is 9.59 Å². The van der Waals surface area contributed by atoms with Gasteiger partial charge in [-0.1, -0.05) is 18.2 Å². The third-order valence-corrected chi connectivity index (χ3v) is 9.01. The van der Waals surface area contributed by atoms with Crippen molar-refractivity contribution in [2.75, 3.05) is 0 Å². The number of fused-ring (bicyclic) bond motifs is 3. The second-order valence-electron chi connectivity index (χ2n) is 12.6. The van der Waals surface area contributed by atoms with Crippen molar-refractivity contribution in [2.45, 2.75) is 54.1 Å². The lowest BCUT2D eigenvalue weighted by atomic mass is 9.93. The van der Waals surface area contributed by atoms with Gasteiger partial charge in [-0.15, -0.1) is 0 Å². The molecular formula is C36H29NO3. The van der Waals surface area contributed by atoms with Crippen LogP contribution >= 0.6 is 0 Å². The zero-order chi connectivity index (χ0) is 28.0. The van der Waals surface area contributed by atoms with Crippen molar-refractivity contribution in [1.82, 2.24) is 4.57 Å². The highest BCUT2D eigenvalue weighted by atomic mass is 16.5. The van der Waals surface area contributed by atoms with Crippen LogP contribution in [0.5, 0.6) is 5.75 Å². The van der Waals surface area contributed by atoms with Crippen LogP contribution in [0.2, 0.25) is 0 Å². The Morgan fingerprint density at radius 2 is 1.10 bits per heavy atom. The van der Waals surface area contributed by atoms with Crippen LogP contribution in [-0.2, 0) is 0 Å². The molecule has 0 unspecified atom stereocenters. The maximum absolute atomic E-state index is 14.4. The van der Waals surface area contributed by atoms with Crippen LogP contribution in [0.15, 0.2) is 58.1 Å². The van der Waals surface area contributed by atoms with Gasteiger partial charge in [0.15, 0.2) is 0 Å². The molecule has 8 aromatic rings. The fourth-order valence-corrected chi connectivity index (χ4v) is 7.12. The zero-order valence-corrected chi connectivity index (χ0v) is 23.8. The van der Waals surface area contributed by atoms with Crippen LogP contribution in [0, 0.1) is 27.7 Å². The summed E-state index contributed by atoms with van der Waals surface area (Å²) in [5, 5.41) is 11.6. The molecule has 0 aliphatic rings. The van der Waals surface area contributed by atoms with E-state index in [0.717, 1.165) is 60.1 Å². The van der Waals surface area contributed by atoms with Gasteiger partial charge < -0.3 is 4.74 Å². The number of hydrogen-bond donors (Lipinski definition) is 0. The van der Waals surface area contributed by atoms with E-state index in [9.17, 15) is 9.59 Å². The first kappa shape index (κ1) is 23.4. The Morgan fingerprint density at radius 1 is 0.575 bits per heavy atom. The molecule has 196 valence electrons. The molecule has 0 aliphatic heterocycles. The first-order chi connectivity index (χ1) is 19.0. The van der Waals surface area contributed by atoms with Crippen LogP contribution in [0.4, 0.5) is 0 Å². The van der Waals surface area contributed by atoms with Crippen molar-refractivity contribution in [2.24, 2.45) is 0 Å². The van der Waals surface area contributed by atoms with E-state index >= 15 is 0 Å². The molecule has 1 aromatic heterocycles. The first-order valence-corrected chi connectivity index (χ1v) is 13.9. The molecule has 0 radical (unpaired) electrons. The van der Waals surface area contributed by atoms with E-state index in [1.165, 1.54) is 26.3 Å². The van der Waals surface area contributed by atoms with Crippen LogP contribution in [-0.4, -0.2) is 10.2 Å². The number of aromatic nitrogens is 1.